The van der Waals surface area contributed by atoms with Crippen molar-refractivity contribution < 1.29 is 13.6 Å². The highest BCUT2D eigenvalue weighted by molar-refractivity contribution is 5.90. The van der Waals surface area contributed by atoms with Crippen LogP contribution in [0, 0.1) is 0 Å². The summed E-state index contributed by atoms with van der Waals surface area (Å²) in [7, 11) is 0. The number of nitrogens with two attached hydrogens (primary N) is 1. The fourth-order valence-corrected chi connectivity index (χ4v) is 1.41. The fraction of sp³-hybridized carbons (Fsp3) is 0.333. The molecular formula is C9H9F2N3O. The molecule has 1 aliphatic heterocycles. The Morgan fingerprint density at radius 2 is 2.13 bits per heavy atom. The summed E-state index contributed by atoms with van der Waals surface area (Å²) >= 11 is 0. The number of halogens is 2. The van der Waals surface area contributed by atoms with E-state index < -0.39 is 11.8 Å². The molecule has 1 aromatic heterocycles. The Morgan fingerprint density at radius 1 is 1.47 bits per heavy atom. The molecule has 0 bridgehead atoms. The second-order valence-corrected chi connectivity index (χ2v) is 3.48. The molecule has 0 aromatic carbocycles. The average molecular weight is 213 g/mol. The molecule has 1 aromatic rings. The van der Waals surface area contributed by atoms with Gasteiger partial charge in [0.25, 0.3) is 11.8 Å². The van der Waals surface area contributed by atoms with Crippen LogP contribution in [0.4, 0.5) is 14.5 Å². The van der Waals surface area contributed by atoms with E-state index in [1.54, 1.807) is 6.07 Å². The number of carbonyl (C=O) groups is 1. The van der Waals surface area contributed by atoms with Gasteiger partial charge in [0, 0.05) is 0 Å². The summed E-state index contributed by atoms with van der Waals surface area (Å²) in [6, 6.07) is 2.98. The molecule has 0 atom stereocenters. The molecule has 1 fully saturated rings. The van der Waals surface area contributed by atoms with Crippen molar-refractivity contribution in [3.8, 4) is 0 Å². The molecule has 0 saturated carbocycles. The van der Waals surface area contributed by atoms with Crippen LogP contribution in [0.5, 0.6) is 0 Å². The third-order valence-electron chi connectivity index (χ3n) is 2.21. The summed E-state index contributed by atoms with van der Waals surface area (Å²) in [6.07, 6.45) is 1.37. The van der Waals surface area contributed by atoms with E-state index in [4.69, 9.17) is 5.73 Å². The highest BCUT2D eigenvalue weighted by Gasteiger charge is 2.43. The van der Waals surface area contributed by atoms with Gasteiger partial charge in [-0.15, -0.1) is 0 Å². The average Bonchev–Trinajstić information content (AvgIpc) is 2.14. The molecular weight excluding hydrogens is 204 g/mol. The molecule has 1 saturated heterocycles. The number of alkyl halides is 2. The Morgan fingerprint density at radius 3 is 2.53 bits per heavy atom. The number of hydrogen-bond acceptors (Lipinski definition) is 3. The molecule has 0 spiro atoms. The number of carbonyl (C=O) groups excluding carboxylic acids is 1. The molecule has 1 amide bonds. The zero-order chi connectivity index (χ0) is 11.1. The van der Waals surface area contributed by atoms with E-state index in [2.05, 4.69) is 4.98 Å². The van der Waals surface area contributed by atoms with Gasteiger partial charge in [0.05, 0.1) is 25.0 Å². The number of nitrogens with zero attached hydrogens (tertiary/aromatic N) is 2. The van der Waals surface area contributed by atoms with Crippen molar-refractivity contribution >= 4 is 11.6 Å². The van der Waals surface area contributed by atoms with Crippen LogP contribution in [-0.2, 0) is 0 Å². The third-order valence-corrected chi connectivity index (χ3v) is 2.21. The van der Waals surface area contributed by atoms with Crippen LogP contribution in [0.2, 0.25) is 0 Å². The first-order chi connectivity index (χ1) is 6.98. The lowest BCUT2D eigenvalue weighted by Gasteiger charge is -2.40. The first-order valence-electron chi connectivity index (χ1n) is 4.37. The Hall–Kier alpha value is -1.72. The lowest BCUT2D eigenvalue weighted by atomic mass is 10.1. The summed E-state index contributed by atoms with van der Waals surface area (Å²) < 4.78 is 25.1. The number of aromatic nitrogens is 1. The van der Waals surface area contributed by atoms with Gasteiger partial charge in [-0.2, -0.15) is 0 Å². The van der Waals surface area contributed by atoms with Crippen LogP contribution in [0.1, 0.15) is 10.5 Å². The standard InChI is InChI=1S/C9H9F2N3O/c10-9(11)4-14(5-9)6-1-2-7(8(12)15)13-3-6/h1-3H,4-5H2,(H2,12,15). The van der Waals surface area contributed by atoms with Crippen LogP contribution in [-0.4, -0.2) is 29.9 Å². The summed E-state index contributed by atoms with van der Waals surface area (Å²) in [5.74, 6) is -3.24. The maximum atomic E-state index is 12.5. The van der Waals surface area contributed by atoms with Gasteiger partial charge in [0.2, 0.25) is 0 Å². The van der Waals surface area contributed by atoms with Crippen molar-refractivity contribution in [2.75, 3.05) is 18.0 Å². The highest BCUT2D eigenvalue weighted by Crippen LogP contribution is 2.31. The molecule has 0 radical (unpaired) electrons. The van der Waals surface area contributed by atoms with Crippen molar-refractivity contribution in [2.45, 2.75) is 5.92 Å². The summed E-state index contributed by atoms with van der Waals surface area (Å²) in [6.45, 7) is -0.602. The van der Waals surface area contributed by atoms with Gasteiger partial charge >= 0.3 is 0 Å². The Labute approximate surface area is 84.7 Å². The second-order valence-electron chi connectivity index (χ2n) is 3.48. The topological polar surface area (TPSA) is 59.2 Å². The number of amides is 1. The van der Waals surface area contributed by atoms with Crippen molar-refractivity contribution in [2.24, 2.45) is 5.73 Å². The van der Waals surface area contributed by atoms with Gasteiger partial charge in [-0.25, -0.2) is 13.8 Å². The third kappa shape index (κ3) is 1.88. The van der Waals surface area contributed by atoms with Crippen LogP contribution in [0.25, 0.3) is 0 Å². The Balaban J connectivity index is 2.09. The van der Waals surface area contributed by atoms with Crippen molar-refractivity contribution in [1.82, 2.24) is 4.98 Å². The maximum absolute atomic E-state index is 12.5. The molecule has 15 heavy (non-hydrogen) atoms. The molecule has 2 rings (SSSR count). The highest BCUT2D eigenvalue weighted by atomic mass is 19.3. The normalized spacial score (nSPS) is 18.4. The van der Waals surface area contributed by atoms with Gasteiger partial charge < -0.3 is 10.6 Å². The fourth-order valence-electron chi connectivity index (χ4n) is 1.41. The van der Waals surface area contributed by atoms with Crippen molar-refractivity contribution in [3.05, 3.63) is 24.0 Å². The van der Waals surface area contributed by atoms with Crippen LogP contribution in [0.3, 0.4) is 0 Å². The molecule has 80 valence electrons. The Kier molecular flexibility index (Phi) is 2.06. The van der Waals surface area contributed by atoms with Gasteiger partial charge in [0.1, 0.15) is 5.69 Å². The lowest BCUT2D eigenvalue weighted by Crippen LogP contribution is -2.56. The van der Waals surface area contributed by atoms with Crippen LogP contribution < -0.4 is 10.6 Å². The van der Waals surface area contributed by atoms with Crippen LogP contribution >= 0.6 is 0 Å². The maximum Gasteiger partial charge on any atom is 0.282 e. The molecule has 2 N–H and O–H groups in total. The number of primary amides is 1. The molecule has 0 aliphatic carbocycles. The van der Waals surface area contributed by atoms with Gasteiger partial charge in [-0.05, 0) is 12.1 Å². The minimum Gasteiger partial charge on any atom is -0.364 e. The van der Waals surface area contributed by atoms with E-state index in [1.807, 2.05) is 0 Å². The molecule has 6 heteroatoms. The SMILES string of the molecule is NC(=O)c1ccc(N2CC(F)(F)C2)cn1. The summed E-state index contributed by atoms with van der Waals surface area (Å²) in [5, 5.41) is 0. The molecule has 0 unspecified atom stereocenters. The molecule has 1 aliphatic rings. The number of hydrogen-bond donors (Lipinski definition) is 1. The number of anilines is 1. The zero-order valence-electron chi connectivity index (χ0n) is 7.78. The first kappa shape index (κ1) is 9.82. The minimum atomic E-state index is -2.61. The van der Waals surface area contributed by atoms with E-state index in [0.29, 0.717) is 5.69 Å². The summed E-state index contributed by atoms with van der Waals surface area (Å²) in [4.78, 5) is 15.9. The van der Waals surface area contributed by atoms with Gasteiger partial charge in [0.15, 0.2) is 0 Å². The quantitative estimate of drug-likeness (QED) is 0.784. The van der Waals surface area contributed by atoms with Gasteiger partial charge in [-0.3, -0.25) is 4.79 Å². The van der Waals surface area contributed by atoms with E-state index in [0.717, 1.165) is 0 Å². The predicted molar refractivity (Wildman–Crippen MR) is 49.9 cm³/mol. The minimum absolute atomic E-state index is 0.131. The van der Waals surface area contributed by atoms with E-state index >= 15 is 0 Å². The van der Waals surface area contributed by atoms with E-state index in [-0.39, 0.29) is 18.8 Å². The van der Waals surface area contributed by atoms with Gasteiger partial charge in [-0.1, -0.05) is 0 Å². The van der Waals surface area contributed by atoms with E-state index in [1.165, 1.54) is 17.2 Å². The lowest BCUT2D eigenvalue weighted by molar-refractivity contribution is -0.0262. The van der Waals surface area contributed by atoms with Crippen LogP contribution in [0.15, 0.2) is 18.3 Å². The predicted octanol–water partition coefficient (Wildman–Crippen LogP) is 0.636. The second kappa shape index (κ2) is 3.15. The van der Waals surface area contributed by atoms with Crippen molar-refractivity contribution in [3.63, 3.8) is 0 Å². The number of rotatable bonds is 2. The zero-order valence-corrected chi connectivity index (χ0v) is 7.78. The monoisotopic (exact) mass is 213 g/mol. The molecule has 4 nitrogen and oxygen atoms in total. The number of pyridine rings is 1. The largest absolute Gasteiger partial charge is 0.364 e. The smallest absolute Gasteiger partial charge is 0.282 e. The van der Waals surface area contributed by atoms with Crippen molar-refractivity contribution in [1.29, 1.82) is 0 Å². The van der Waals surface area contributed by atoms with E-state index in [9.17, 15) is 13.6 Å². The Bertz CT molecular complexity index is 383. The molecule has 2 heterocycles. The first-order valence-corrected chi connectivity index (χ1v) is 4.37. The summed E-state index contributed by atoms with van der Waals surface area (Å²) in [5.41, 5.74) is 5.70.